The number of rotatable bonds is 1. The highest BCUT2D eigenvalue weighted by Crippen LogP contribution is 2.27. The van der Waals surface area contributed by atoms with E-state index in [2.05, 4.69) is 33.8 Å². The fourth-order valence-electron chi connectivity index (χ4n) is 1.57. The molecule has 0 saturated heterocycles. The van der Waals surface area contributed by atoms with Crippen molar-refractivity contribution in [2.24, 2.45) is 0 Å². The van der Waals surface area contributed by atoms with Gasteiger partial charge in [-0.2, -0.15) is 0 Å². The van der Waals surface area contributed by atoms with Crippen molar-refractivity contribution in [1.29, 1.82) is 0 Å². The number of ether oxygens (including phenoxy) is 1. The molecular formula is C15H28O. The van der Waals surface area contributed by atoms with Gasteiger partial charge in [0.05, 0.1) is 7.11 Å². The second-order valence-corrected chi connectivity index (χ2v) is 3.29. The quantitative estimate of drug-likeness (QED) is 0.653. The Morgan fingerprint density at radius 2 is 1.19 bits per heavy atom. The molecule has 0 heterocycles. The molecule has 1 nitrogen and oxygen atoms in total. The van der Waals surface area contributed by atoms with E-state index in [0.717, 1.165) is 5.75 Å². The largest absolute Gasteiger partial charge is 0.496 e. The molecule has 0 amide bonds. The van der Waals surface area contributed by atoms with Gasteiger partial charge in [0, 0.05) is 0 Å². The Labute approximate surface area is 102 Å². The highest BCUT2D eigenvalue weighted by molar-refractivity contribution is 5.48. The van der Waals surface area contributed by atoms with Crippen molar-refractivity contribution in [2.45, 2.75) is 55.4 Å². The fourth-order valence-corrected chi connectivity index (χ4v) is 1.57. The lowest BCUT2D eigenvalue weighted by Crippen LogP contribution is -1.95. The topological polar surface area (TPSA) is 9.23 Å². The first kappa shape index (κ1) is 17.4. The first-order valence-electron chi connectivity index (χ1n) is 6.19. The maximum absolute atomic E-state index is 5.31. The van der Waals surface area contributed by atoms with Gasteiger partial charge in [-0.1, -0.05) is 33.8 Å². The monoisotopic (exact) mass is 224 g/mol. The minimum Gasteiger partial charge on any atom is -0.496 e. The van der Waals surface area contributed by atoms with Gasteiger partial charge in [-0.15, -0.1) is 0 Å². The van der Waals surface area contributed by atoms with Crippen LogP contribution in [0.5, 0.6) is 5.75 Å². The van der Waals surface area contributed by atoms with Crippen LogP contribution in [-0.4, -0.2) is 7.11 Å². The van der Waals surface area contributed by atoms with Crippen LogP contribution in [0.25, 0.3) is 0 Å². The molecule has 0 aliphatic rings. The Kier molecular flexibility index (Phi) is 10.1. The molecule has 94 valence electrons. The average molecular weight is 224 g/mol. The molecule has 0 spiro atoms. The Morgan fingerprint density at radius 3 is 1.56 bits per heavy atom. The van der Waals surface area contributed by atoms with Gasteiger partial charge in [0.25, 0.3) is 0 Å². The zero-order valence-corrected chi connectivity index (χ0v) is 12.5. The molecule has 0 aromatic heterocycles. The van der Waals surface area contributed by atoms with E-state index >= 15 is 0 Å². The summed E-state index contributed by atoms with van der Waals surface area (Å²) in [5.74, 6) is 1.03. The maximum Gasteiger partial charge on any atom is 0.124 e. The second kappa shape index (κ2) is 9.26. The van der Waals surface area contributed by atoms with Crippen LogP contribution in [-0.2, 0) is 0 Å². The molecule has 0 aliphatic carbocycles. The lowest BCUT2D eigenvalue weighted by atomic mass is 10.00. The molecule has 1 heteroatoms. The SMILES string of the molecule is CC.CC.COc1c(C)cc(C)c(C)c1C. The van der Waals surface area contributed by atoms with Crippen LogP contribution < -0.4 is 4.74 Å². The minimum absolute atomic E-state index is 1.03. The van der Waals surface area contributed by atoms with Crippen LogP contribution in [0.15, 0.2) is 6.07 Å². The molecule has 0 N–H and O–H groups in total. The first-order chi connectivity index (χ1) is 7.57. The third kappa shape index (κ3) is 4.26. The molecular weight excluding hydrogens is 196 g/mol. The summed E-state index contributed by atoms with van der Waals surface area (Å²) in [6.07, 6.45) is 0. The van der Waals surface area contributed by atoms with Crippen molar-refractivity contribution in [3.05, 3.63) is 28.3 Å². The van der Waals surface area contributed by atoms with Gasteiger partial charge in [-0.25, -0.2) is 0 Å². The van der Waals surface area contributed by atoms with Crippen molar-refractivity contribution < 1.29 is 4.74 Å². The summed E-state index contributed by atoms with van der Waals surface area (Å²) in [6.45, 7) is 16.5. The van der Waals surface area contributed by atoms with E-state index in [1.54, 1.807) is 7.11 Å². The molecule has 0 unspecified atom stereocenters. The van der Waals surface area contributed by atoms with Gasteiger partial charge in [0.1, 0.15) is 5.75 Å². The molecule has 1 rings (SSSR count). The van der Waals surface area contributed by atoms with Crippen molar-refractivity contribution >= 4 is 0 Å². The van der Waals surface area contributed by atoms with Crippen LogP contribution in [0.1, 0.15) is 49.9 Å². The minimum atomic E-state index is 1.03. The van der Waals surface area contributed by atoms with Crippen molar-refractivity contribution in [3.63, 3.8) is 0 Å². The summed E-state index contributed by atoms with van der Waals surface area (Å²) in [5, 5.41) is 0. The highest BCUT2D eigenvalue weighted by Gasteiger charge is 2.06. The van der Waals surface area contributed by atoms with Crippen LogP contribution >= 0.6 is 0 Å². The highest BCUT2D eigenvalue weighted by atomic mass is 16.5. The van der Waals surface area contributed by atoms with Crippen LogP contribution in [0.4, 0.5) is 0 Å². The molecule has 16 heavy (non-hydrogen) atoms. The van der Waals surface area contributed by atoms with Gasteiger partial charge in [-0.05, 0) is 49.9 Å². The molecule has 0 aliphatic heterocycles. The number of aryl methyl sites for hydroxylation is 2. The van der Waals surface area contributed by atoms with E-state index in [9.17, 15) is 0 Å². The number of hydrogen-bond donors (Lipinski definition) is 0. The lowest BCUT2D eigenvalue weighted by Gasteiger charge is -2.12. The summed E-state index contributed by atoms with van der Waals surface area (Å²) >= 11 is 0. The Bertz CT molecular complexity index is 301. The van der Waals surface area contributed by atoms with E-state index < -0.39 is 0 Å². The van der Waals surface area contributed by atoms with Gasteiger partial charge in [0.2, 0.25) is 0 Å². The fraction of sp³-hybridized carbons (Fsp3) is 0.600. The average Bonchev–Trinajstić information content (AvgIpc) is 2.32. The van der Waals surface area contributed by atoms with E-state index in [1.807, 2.05) is 27.7 Å². The van der Waals surface area contributed by atoms with E-state index in [1.165, 1.54) is 22.3 Å². The van der Waals surface area contributed by atoms with Crippen LogP contribution in [0.3, 0.4) is 0 Å². The number of methoxy groups -OCH3 is 1. The summed E-state index contributed by atoms with van der Waals surface area (Å²) in [5.41, 5.74) is 5.15. The van der Waals surface area contributed by atoms with E-state index in [-0.39, 0.29) is 0 Å². The number of hydrogen-bond acceptors (Lipinski definition) is 1. The Hall–Kier alpha value is -0.980. The number of benzene rings is 1. The van der Waals surface area contributed by atoms with Crippen molar-refractivity contribution in [1.82, 2.24) is 0 Å². The van der Waals surface area contributed by atoms with Gasteiger partial charge in [0.15, 0.2) is 0 Å². The third-order valence-corrected chi connectivity index (χ3v) is 2.49. The van der Waals surface area contributed by atoms with E-state index in [0.29, 0.717) is 0 Å². The summed E-state index contributed by atoms with van der Waals surface area (Å²) in [7, 11) is 1.73. The zero-order chi connectivity index (χ0) is 13.3. The van der Waals surface area contributed by atoms with Gasteiger partial charge in [-0.3, -0.25) is 0 Å². The predicted molar refractivity (Wildman–Crippen MR) is 74.6 cm³/mol. The van der Waals surface area contributed by atoms with Crippen molar-refractivity contribution in [3.8, 4) is 5.75 Å². The molecule has 1 aromatic carbocycles. The zero-order valence-electron chi connectivity index (χ0n) is 12.5. The maximum atomic E-state index is 5.31. The van der Waals surface area contributed by atoms with Crippen LogP contribution in [0.2, 0.25) is 0 Å². The Balaban J connectivity index is 0. The molecule has 0 radical (unpaired) electrons. The summed E-state index contributed by atoms with van der Waals surface area (Å²) in [6, 6.07) is 2.17. The molecule has 0 saturated carbocycles. The first-order valence-corrected chi connectivity index (χ1v) is 6.19. The van der Waals surface area contributed by atoms with Crippen molar-refractivity contribution in [2.75, 3.05) is 7.11 Å². The van der Waals surface area contributed by atoms with Crippen LogP contribution in [0, 0.1) is 27.7 Å². The molecule has 0 bridgehead atoms. The summed E-state index contributed by atoms with van der Waals surface area (Å²) < 4.78 is 5.31. The smallest absolute Gasteiger partial charge is 0.124 e. The third-order valence-electron chi connectivity index (χ3n) is 2.49. The molecule has 0 atom stereocenters. The second-order valence-electron chi connectivity index (χ2n) is 3.29. The molecule has 1 aromatic rings. The Morgan fingerprint density at radius 1 is 0.750 bits per heavy atom. The van der Waals surface area contributed by atoms with E-state index in [4.69, 9.17) is 4.74 Å². The van der Waals surface area contributed by atoms with Gasteiger partial charge >= 0.3 is 0 Å². The summed E-state index contributed by atoms with van der Waals surface area (Å²) in [4.78, 5) is 0. The normalized spacial score (nSPS) is 8.31. The lowest BCUT2D eigenvalue weighted by molar-refractivity contribution is 0.408. The standard InChI is InChI=1S/C11H16O.2C2H6/c1-7-6-8(2)11(12-5)10(4)9(7)3;2*1-2/h6H,1-5H3;2*1-2H3. The van der Waals surface area contributed by atoms with Gasteiger partial charge < -0.3 is 4.74 Å². The molecule has 0 fully saturated rings. The predicted octanol–water partition coefficient (Wildman–Crippen LogP) is 4.98.